The van der Waals surface area contributed by atoms with E-state index in [1.807, 2.05) is 83.1 Å². The van der Waals surface area contributed by atoms with Gasteiger partial charge in [0.05, 0.1) is 22.2 Å². The van der Waals surface area contributed by atoms with Gasteiger partial charge in [-0.25, -0.2) is 8.42 Å². The molecule has 0 aromatic heterocycles. The van der Waals surface area contributed by atoms with Gasteiger partial charge in [-0.15, -0.1) is 0 Å². The molecule has 0 N–H and O–H groups in total. The molecular weight excluding hydrogens is 674 g/mol. The van der Waals surface area contributed by atoms with Crippen LogP contribution in [0.4, 0.5) is 18.9 Å². The van der Waals surface area contributed by atoms with E-state index >= 15 is 0 Å². The van der Waals surface area contributed by atoms with Gasteiger partial charge in [0, 0.05) is 13.6 Å². The molecule has 0 aliphatic heterocycles. The number of sulfonamides is 1. The molecule has 6 nitrogen and oxygen atoms in total. The molecule has 1 amide bonds. The molecular formula is C41H43F3N2O4S. The van der Waals surface area contributed by atoms with Crippen LogP contribution in [0.1, 0.15) is 58.3 Å². The summed E-state index contributed by atoms with van der Waals surface area (Å²) >= 11 is 0. The van der Waals surface area contributed by atoms with Crippen molar-refractivity contribution in [3.8, 4) is 5.75 Å². The largest absolute Gasteiger partial charge is 0.484 e. The second-order valence-corrected chi connectivity index (χ2v) is 14.9. The van der Waals surface area contributed by atoms with Crippen LogP contribution in [-0.2, 0) is 27.4 Å². The summed E-state index contributed by atoms with van der Waals surface area (Å²) in [5.74, 6) is 0.100. The fourth-order valence-electron chi connectivity index (χ4n) is 6.36. The zero-order valence-corrected chi connectivity index (χ0v) is 30.5. The van der Waals surface area contributed by atoms with Crippen molar-refractivity contribution in [3.63, 3.8) is 0 Å². The number of carbonyl (C=O) groups is 1. The molecule has 0 unspecified atom stereocenters. The van der Waals surface area contributed by atoms with Crippen LogP contribution in [0, 0.1) is 27.7 Å². The highest BCUT2D eigenvalue weighted by Gasteiger charge is 2.31. The zero-order valence-electron chi connectivity index (χ0n) is 29.7. The lowest BCUT2D eigenvalue weighted by atomic mass is 10.0. The van der Waals surface area contributed by atoms with Crippen molar-refractivity contribution < 1.29 is 31.1 Å². The van der Waals surface area contributed by atoms with E-state index in [4.69, 9.17) is 4.74 Å². The number of carbonyl (C=O) groups excluding carboxylic acids is 1. The molecule has 1 atom stereocenters. The summed E-state index contributed by atoms with van der Waals surface area (Å²) in [6.07, 6.45) is -3.63. The van der Waals surface area contributed by atoms with Gasteiger partial charge in [-0.2, -0.15) is 13.2 Å². The number of aryl methyl sites for hydroxylation is 3. The minimum absolute atomic E-state index is 0.282. The Morgan fingerprint density at radius 2 is 1.45 bits per heavy atom. The number of halogens is 3. The lowest BCUT2D eigenvalue weighted by molar-refractivity contribution is -0.137. The quantitative estimate of drug-likeness (QED) is 0.129. The molecule has 51 heavy (non-hydrogen) atoms. The van der Waals surface area contributed by atoms with Gasteiger partial charge in [-0.1, -0.05) is 60.7 Å². The van der Waals surface area contributed by atoms with Crippen LogP contribution in [-0.4, -0.2) is 39.4 Å². The summed E-state index contributed by atoms with van der Waals surface area (Å²) in [5, 5.41) is 2.10. The first kappa shape index (κ1) is 37.4. The molecule has 10 heteroatoms. The molecule has 0 heterocycles. The number of ether oxygens (including phenoxy) is 1. The number of benzene rings is 5. The summed E-state index contributed by atoms with van der Waals surface area (Å²) in [7, 11) is -2.35. The zero-order chi connectivity index (χ0) is 37.1. The first-order valence-corrected chi connectivity index (χ1v) is 18.3. The fourth-order valence-corrected chi connectivity index (χ4v) is 8.13. The Labute approximate surface area is 298 Å². The van der Waals surface area contributed by atoms with Crippen LogP contribution in [0.15, 0.2) is 102 Å². The predicted molar refractivity (Wildman–Crippen MR) is 197 cm³/mol. The first-order valence-electron chi connectivity index (χ1n) is 16.8. The van der Waals surface area contributed by atoms with Crippen LogP contribution in [0.2, 0.25) is 0 Å². The van der Waals surface area contributed by atoms with Crippen molar-refractivity contribution in [2.45, 2.75) is 64.6 Å². The molecule has 0 radical (unpaired) electrons. The number of amides is 1. The van der Waals surface area contributed by atoms with E-state index < -0.39 is 21.8 Å². The summed E-state index contributed by atoms with van der Waals surface area (Å²) in [4.78, 5) is 15.8. The van der Waals surface area contributed by atoms with Crippen LogP contribution < -0.4 is 9.04 Å². The third-order valence-corrected chi connectivity index (χ3v) is 11.7. The van der Waals surface area contributed by atoms with E-state index in [1.54, 1.807) is 35.2 Å². The maximum absolute atomic E-state index is 13.8. The Hall–Kier alpha value is -4.83. The molecule has 0 saturated carbocycles. The predicted octanol–water partition coefficient (Wildman–Crippen LogP) is 9.52. The third-order valence-electron chi connectivity index (χ3n) is 9.64. The normalized spacial score (nSPS) is 12.5. The second-order valence-electron chi connectivity index (χ2n) is 13.0. The highest BCUT2D eigenvalue weighted by atomic mass is 32.2. The fraction of sp³-hybridized carbons (Fsp3) is 0.293. The lowest BCUT2D eigenvalue weighted by Gasteiger charge is -2.30. The number of nitrogens with zero attached hydrogens (tertiary/aromatic N) is 2. The highest BCUT2D eigenvalue weighted by molar-refractivity contribution is 7.93. The molecule has 0 fully saturated rings. The van der Waals surface area contributed by atoms with E-state index in [0.717, 1.165) is 39.6 Å². The maximum Gasteiger partial charge on any atom is 0.416 e. The molecule has 0 aliphatic rings. The van der Waals surface area contributed by atoms with Gasteiger partial charge in [-0.05, 0) is 128 Å². The average molecular weight is 717 g/mol. The maximum atomic E-state index is 13.8. The summed E-state index contributed by atoms with van der Waals surface area (Å²) in [6, 6.07) is 27.4. The van der Waals surface area contributed by atoms with Crippen LogP contribution in [0.25, 0.3) is 10.8 Å². The Bertz CT molecular complexity index is 2120. The van der Waals surface area contributed by atoms with Crippen molar-refractivity contribution in [2.75, 3.05) is 24.5 Å². The van der Waals surface area contributed by atoms with E-state index in [9.17, 15) is 26.4 Å². The number of fused-ring (bicyclic) bond motifs is 1. The van der Waals surface area contributed by atoms with Gasteiger partial charge in [0.2, 0.25) is 0 Å². The Kier molecular flexibility index (Phi) is 11.1. The van der Waals surface area contributed by atoms with Crippen molar-refractivity contribution in [1.29, 1.82) is 0 Å². The van der Waals surface area contributed by atoms with Crippen LogP contribution in [0.3, 0.4) is 0 Å². The minimum atomic E-state index is -4.43. The number of anilines is 1. The SMILES string of the molecule is Cc1cc(C)c(C)c(S(=O)(=O)N(C)c2ccc(OCC(=O)N(CCCc3cccc(C(F)(F)F)c3)[C@H](C)c3ccc4ccccc4c3)cc2)c1C. The second kappa shape index (κ2) is 15.2. The number of rotatable bonds is 12. The van der Waals surface area contributed by atoms with E-state index in [1.165, 1.54) is 17.4 Å². The van der Waals surface area contributed by atoms with Gasteiger partial charge >= 0.3 is 6.18 Å². The molecule has 0 aliphatic carbocycles. The molecule has 268 valence electrons. The smallest absolute Gasteiger partial charge is 0.416 e. The Morgan fingerprint density at radius 3 is 2.10 bits per heavy atom. The Morgan fingerprint density at radius 1 is 0.804 bits per heavy atom. The van der Waals surface area contributed by atoms with Gasteiger partial charge < -0.3 is 9.64 Å². The van der Waals surface area contributed by atoms with Crippen LogP contribution in [0.5, 0.6) is 5.75 Å². The summed E-state index contributed by atoms with van der Waals surface area (Å²) in [5.41, 5.74) is 4.42. The Balaban J connectivity index is 1.31. The first-order chi connectivity index (χ1) is 24.1. The third kappa shape index (κ3) is 8.39. The highest BCUT2D eigenvalue weighted by Crippen LogP contribution is 2.32. The van der Waals surface area contributed by atoms with Gasteiger partial charge in [0.15, 0.2) is 6.61 Å². The van der Waals surface area contributed by atoms with E-state index in [-0.39, 0.29) is 18.6 Å². The monoisotopic (exact) mass is 716 g/mol. The average Bonchev–Trinajstić information content (AvgIpc) is 3.10. The van der Waals surface area contributed by atoms with Crippen LogP contribution >= 0.6 is 0 Å². The number of hydrogen-bond donors (Lipinski definition) is 0. The standard InChI is InChI=1S/C41H43F3N2O4S/c1-27-23-28(2)30(4)40(29(27)3)51(48,49)45(6)37-18-20-38(21-19-37)50-26-39(47)46(22-10-12-32-11-9-15-36(24-32)41(42,43)44)31(5)34-17-16-33-13-7-8-14-35(33)25-34/h7-9,11,13-21,23-25,31H,10,12,22,26H2,1-6H3/t31-/m1/s1. The molecule has 5 aromatic rings. The topological polar surface area (TPSA) is 66.9 Å². The van der Waals surface area contributed by atoms with Crippen molar-refractivity contribution in [1.82, 2.24) is 4.90 Å². The summed E-state index contributed by atoms with van der Waals surface area (Å²) in [6.45, 7) is 9.36. The van der Waals surface area contributed by atoms with Gasteiger partial charge in [-0.3, -0.25) is 9.10 Å². The van der Waals surface area contributed by atoms with Gasteiger partial charge in [0.1, 0.15) is 5.75 Å². The number of hydrogen-bond acceptors (Lipinski definition) is 4. The van der Waals surface area contributed by atoms with Crippen molar-refractivity contribution in [3.05, 3.63) is 136 Å². The molecule has 0 saturated heterocycles. The lowest BCUT2D eigenvalue weighted by Crippen LogP contribution is -2.38. The van der Waals surface area contributed by atoms with E-state index in [2.05, 4.69) is 0 Å². The summed E-state index contributed by atoms with van der Waals surface area (Å²) < 4.78 is 74.5. The molecule has 0 spiro atoms. The number of alkyl halides is 3. The van der Waals surface area contributed by atoms with E-state index in [0.29, 0.717) is 52.4 Å². The molecule has 0 bridgehead atoms. The van der Waals surface area contributed by atoms with Gasteiger partial charge in [0.25, 0.3) is 15.9 Å². The minimum Gasteiger partial charge on any atom is -0.484 e. The van der Waals surface area contributed by atoms with Crippen molar-refractivity contribution in [2.24, 2.45) is 0 Å². The molecule has 5 rings (SSSR count). The molecule has 5 aromatic carbocycles. The van der Waals surface area contributed by atoms with Crippen molar-refractivity contribution >= 4 is 32.4 Å².